The van der Waals surface area contributed by atoms with Crippen LogP contribution >= 0.6 is 0 Å². The minimum absolute atomic E-state index is 0.0923. The number of fused-ring (bicyclic) bond motifs is 1. The van der Waals surface area contributed by atoms with Gasteiger partial charge in [0, 0.05) is 30.6 Å². The first-order valence-corrected chi connectivity index (χ1v) is 11.4. The van der Waals surface area contributed by atoms with E-state index < -0.39 is 29.8 Å². The lowest BCUT2D eigenvalue weighted by atomic mass is 9.83. The Balaban J connectivity index is 1.57. The summed E-state index contributed by atoms with van der Waals surface area (Å²) in [4.78, 5) is 41.8. The number of carboxylic acid groups (broad SMARTS) is 1. The van der Waals surface area contributed by atoms with Crippen LogP contribution in [0.5, 0.6) is 0 Å². The molecule has 1 aliphatic heterocycles. The standard InChI is InChI=1S/C24H24F2N4O4/c25-10-13-11-29(12-13)23(32)20-21(24(33)34)28-30-19(31)9-18(27-22(20)30)15-6-7-16(17(26)8-15)14-4-2-1-3-5-14/h6-9,13-14,27H,1-5,10-12H2,(H,33,34). The number of halogens is 2. The van der Waals surface area contributed by atoms with Crippen LogP contribution < -0.4 is 5.56 Å². The highest BCUT2D eigenvalue weighted by Gasteiger charge is 2.36. The van der Waals surface area contributed by atoms with Crippen molar-refractivity contribution in [2.75, 3.05) is 19.8 Å². The van der Waals surface area contributed by atoms with E-state index in [1.807, 2.05) is 0 Å². The zero-order valence-corrected chi connectivity index (χ0v) is 18.4. The third-order valence-corrected chi connectivity index (χ3v) is 6.85. The maximum Gasteiger partial charge on any atom is 0.357 e. The van der Waals surface area contributed by atoms with Gasteiger partial charge in [-0.25, -0.2) is 9.18 Å². The smallest absolute Gasteiger partial charge is 0.357 e. The van der Waals surface area contributed by atoms with Crippen LogP contribution in [0.2, 0.25) is 0 Å². The van der Waals surface area contributed by atoms with Crippen LogP contribution in [0.25, 0.3) is 16.9 Å². The van der Waals surface area contributed by atoms with Gasteiger partial charge in [0.1, 0.15) is 11.4 Å². The van der Waals surface area contributed by atoms with Gasteiger partial charge in [0.2, 0.25) is 0 Å². The van der Waals surface area contributed by atoms with Crippen molar-refractivity contribution in [1.82, 2.24) is 19.5 Å². The van der Waals surface area contributed by atoms with Crippen molar-refractivity contribution in [1.29, 1.82) is 0 Å². The number of nitrogens with one attached hydrogen (secondary N) is 1. The average molecular weight is 470 g/mol. The summed E-state index contributed by atoms with van der Waals surface area (Å²) in [5.41, 5.74) is -0.309. The number of nitrogens with zero attached hydrogens (tertiary/aromatic N) is 3. The molecule has 2 N–H and O–H groups in total. The average Bonchev–Trinajstić information content (AvgIpc) is 3.19. The highest BCUT2D eigenvalue weighted by atomic mass is 19.1. The lowest BCUT2D eigenvalue weighted by molar-refractivity contribution is 0.0447. The van der Waals surface area contributed by atoms with Crippen molar-refractivity contribution in [3.05, 3.63) is 57.3 Å². The lowest BCUT2D eigenvalue weighted by Gasteiger charge is -2.37. The van der Waals surface area contributed by atoms with E-state index >= 15 is 4.39 Å². The Hall–Kier alpha value is -3.56. The summed E-state index contributed by atoms with van der Waals surface area (Å²) in [5, 5.41) is 13.4. The molecule has 0 radical (unpaired) electrons. The normalized spacial score (nSPS) is 17.2. The summed E-state index contributed by atoms with van der Waals surface area (Å²) < 4.78 is 28.6. The molecule has 1 saturated carbocycles. The molecule has 0 atom stereocenters. The zero-order valence-electron chi connectivity index (χ0n) is 18.4. The molecule has 3 heterocycles. The Morgan fingerprint density at radius 3 is 2.53 bits per heavy atom. The van der Waals surface area contributed by atoms with Gasteiger partial charge in [0.25, 0.3) is 11.5 Å². The number of carboxylic acids is 1. The fourth-order valence-corrected chi connectivity index (χ4v) is 4.98. The Morgan fingerprint density at radius 2 is 1.88 bits per heavy atom. The van der Waals surface area contributed by atoms with E-state index in [1.54, 1.807) is 12.1 Å². The molecule has 10 heteroatoms. The van der Waals surface area contributed by atoms with Crippen molar-refractivity contribution in [2.45, 2.75) is 38.0 Å². The minimum atomic E-state index is -1.47. The van der Waals surface area contributed by atoms with Crippen LogP contribution in [0, 0.1) is 11.7 Å². The molecular weight excluding hydrogens is 446 g/mol. The molecule has 2 aromatic heterocycles. The number of rotatable bonds is 5. The number of carbonyl (C=O) groups excluding carboxylic acids is 1. The van der Waals surface area contributed by atoms with E-state index in [-0.39, 0.29) is 47.6 Å². The van der Waals surface area contributed by atoms with E-state index in [0.29, 0.717) is 11.1 Å². The topological polar surface area (TPSA) is 108 Å². The van der Waals surface area contributed by atoms with Crippen molar-refractivity contribution < 1.29 is 23.5 Å². The summed E-state index contributed by atoms with van der Waals surface area (Å²) >= 11 is 0. The van der Waals surface area contributed by atoms with E-state index in [4.69, 9.17) is 0 Å². The third-order valence-electron chi connectivity index (χ3n) is 6.85. The number of likely N-dealkylation sites (tertiary alicyclic amines) is 1. The number of hydrogen-bond donors (Lipinski definition) is 2. The summed E-state index contributed by atoms with van der Waals surface area (Å²) in [6.07, 6.45) is 5.19. The Morgan fingerprint density at radius 1 is 1.15 bits per heavy atom. The monoisotopic (exact) mass is 470 g/mol. The van der Waals surface area contributed by atoms with Crippen LogP contribution in [-0.2, 0) is 0 Å². The van der Waals surface area contributed by atoms with E-state index in [1.165, 1.54) is 17.0 Å². The van der Waals surface area contributed by atoms with Gasteiger partial charge in [0.05, 0.1) is 12.4 Å². The molecule has 0 unspecified atom stereocenters. The lowest BCUT2D eigenvalue weighted by Crippen LogP contribution is -2.51. The Labute approximate surface area is 193 Å². The zero-order chi connectivity index (χ0) is 24.0. The first-order chi connectivity index (χ1) is 16.4. The number of H-pyrrole nitrogens is 1. The molecule has 34 heavy (non-hydrogen) atoms. The SMILES string of the molecule is O=C(O)c1nn2c(=O)cc(-c3ccc(C4CCCCC4)c(F)c3)[nH]c2c1C(=O)N1CC(CF)C1. The van der Waals surface area contributed by atoms with Crippen LogP contribution in [0.15, 0.2) is 29.1 Å². The molecule has 1 amide bonds. The van der Waals surface area contributed by atoms with E-state index in [9.17, 15) is 23.9 Å². The summed E-state index contributed by atoms with van der Waals surface area (Å²) in [5.74, 6) is -2.60. The second-order valence-electron chi connectivity index (χ2n) is 9.11. The largest absolute Gasteiger partial charge is 0.476 e. The first-order valence-electron chi connectivity index (χ1n) is 11.4. The van der Waals surface area contributed by atoms with Gasteiger partial charge in [0.15, 0.2) is 11.3 Å². The van der Waals surface area contributed by atoms with Crippen molar-refractivity contribution in [2.24, 2.45) is 5.92 Å². The first kappa shape index (κ1) is 22.2. The quantitative estimate of drug-likeness (QED) is 0.592. The summed E-state index contributed by atoms with van der Waals surface area (Å²) in [6.45, 7) is -0.263. The highest BCUT2D eigenvalue weighted by molar-refractivity contribution is 6.08. The summed E-state index contributed by atoms with van der Waals surface area (Å²) in [6, 6.07) is 5.98. The second kappa shape index (κ2) is 8.66. The third kappa shape index (κ3) is 3.76. The van der Waals surface area contributed by atoms with Gasteiger partial charge in [-0.15, -0.1) is 0 Å². The molecule has 178 valence electrons. The van der Waals surface area contributed by atoms with Crippen LogP contribution in [0.3, 0.4) is 0 Å². The fraction of sp³-hybridized carbons (Fsp3) is 0.417. The molecule has 1 aliphatic carbocycles. The number of aromatic carboxylic acids is 1. The fourth-order valence-electron chi connectivity index (χ4n) is 4.98. The van der Waals surface area contributed by atoms with E-state index in [0.717, 1.165) is 36.6 Å². The maximum absolute atomic E-state index is 15.0. The molecule has 1 aromatic carbocycles. The molecule has 2 aliphatic rings. The predicted octanol–water partition coefficient (Wildman–Crippen LogP) is 3.62. The maximum atomic E-state index is 15.0. The van der Waals surface area contributed by atoms with Gasteiger partial charge in [-0.1, -0.05) is 31.4 Å². The van der Waals surface area contributed by atoms with Crippen molar-refractivity contribution >= 4 is 17.5 Å². The number of aromatic amines is 1. The number of amides is 1. The molecule has 5 rings (SSSR count). The number of benzene rings is 1. The molecule has 8 nitrogen and oxygen atoms in total. The van der Waals surface area contributed by atoms with Gasteiger partial charge in [-0.05, 0) is 30.4 Å². The van der Waals surface area contributed by atoms with Crippen molar-refractivity contribution in [3.8, 4) is 11.3 Å². The molecular formula is C24H24F2N4O4. The Bertz CT molecular complexity index is 1340. The number of carbonyl (C=O) groups is 2. The molecule has 1 saturated heterocycles. The molecule has 2 fully saturated rings. The molecule has 3 aromatic rings. The van der Waals surface area contributed by atoms with Gasteiger partial charge < -0.3 is 15.0 Å². The summed E-state index contributed by atoms with van der Waals surface area (Å²) in [7, 11) is 0. The highest BCUT2D eigenvalue weighted by Crippen LogP contribution is 2.35. The predicted molar refractivity (Wildman–Crippen MR) is 119 cm³/mol. The van der Waals surface area contributed by atoms with E-state index in [2.05, 4.69) is 10.1 Å². The van der Waals surface area contributed by atoms with Crippen LogP contribution in [-0.4, -0.2) is 56.2 Å². The van der Waals surface area contributed by atoms with Gasteiger partial charge in [-0.2, -0.15) is 9.61 Å². The number of alkyl halides is 1. The van der Waals surface area contributed by atoms with Gasteiger partial charge in [-0.3, -0.25) is 14.0 Å². The molecule has 0 bridgehead atoms. The van der Waals surface area contributed by atoms with Crippen LogP contribution in [0.4, 0.5) is 8.78 Å². The van der Waals surface area contributed by atoms with Crippen LogP contribution in [0.1, 0.15) is 64.4 Å². The number of hydrogen-bond acceptors (Lipinski definition) is 4. The number of aromatic nitrogens is 3. The minimum Gasteiger partial charge on any atom is -0.476 e. The van der Waals surface area contributed by atoms with Crippen molar-refractivity contribution in [3.63, 3.8) is 0 Å². The second-order valence-corrected chi connectivity index (χ2v) is 9.11. The van der Waals surface area contributed by atoms with Gasteiger partial charge >= 0.3 is 5.97 Å². The Kier molecular flexibility index (Phi) is 5.66. The molecule has 0 spiro atoms.